The lowest BCUT2D eigenvalue weighted by molar-refractivity contribution is 0.536. The number of nitrogens with one attached hydrogen (secondary N) is 1. The molecule has 156 valence electrons. The van der Waals surface area contributed by atoms with Gasteiger partial charge < -0.3 is 14.5 Å². The van der Waals surface area contributed by atoms with E-state index in [0.29, 0.717) is 43.0 Å². The Bertz CT molecular complexity index is 1270. The van der Waals surface area contributed by atoms with Crippen LogP contribution in [-0.4, -0.2) is 32.5 Å². The number of nitrogens with zero attached hydrogens (tertiary/aromatic N) is 5. The van der Waals surface area contributed by atoms with Gasteiger partial charge in [0.2, 0.25) is 10.0 Å². The minimum Gasteiger partial charge on any atom is -0.364 e. The maximum absolute atomic E-state index is 14.0. The van der Waals surface area contributed by atoms with Crippen LogP contribution in [0.4, 0.5) is 10.2 Å². The van der Waals surface area contributed by atoms with Gasteiger partial charge in [-0.15, -0.1) is 0 Å². The zero-order valence-electron chi connectivity index (χ0n) is 15.9. The van der Waals surface area contributed by atoms with Crippen molar-refractivity contribution in [2.45, 2.75) is 31.0 Å². The van der Waals surface area contributed by atoms with Crippen molar-refractivity contribution in [3.8, 4) is 0 Å². The van der Waals surface area contributed by atoms with Crippen LogP contribution in [0, 0.1) is 6.08 Å². The van der Waals surface area contributed by atoms with Crippen molar-refractivity contribution in [2.75, 3.05) is 5.32 Å². The average molecular weight is 429 g/mol. The number of aryl methyl sites for hydroxylation is 2. The van der Waals surface area contributed by atoms with Crippen LogP contribution in [0.1, 0.15) is 12.0 Å². The summed E-state index contributed by atoms with van der Waals surface area (Å²) in [6.45, 7) is 1.56. The van der Waals surface area contributed by atoms with E-state index in [9.17, 15) is 12.8 Å². The van der Waals surface area contributed by atoms with Crippen molar-refractivity contribution in [1.82, 2.24) is 24.1 Å². The minimum atomic E-state index is -3.72. The number of aromatic nitrogens is 5. The number of nitrogens with two attached hydrogens (primary N) is 1. The van der Waals surface area contributed by atoms with Crippen molar-refractivity contribution in [2.24, 2.45) is 5.14 Å². The lowest BCUT2D eigenvalue weighted by Crippen LogP contribution is -2.11. The molecule has 3 aromatic heterocycles. The number of hydrogen-bond donors (Lipinski definition) is 2. The summed E-state index contributed by atoms with van der Waals surface area (Å²) in [4.78, 5) is 12.1. The van der Waals surface area contributed by atoms with Gasteiger partial charge in [-0.3, -0.25) is 0 Å². The molecule has 0 aliphatic carbocycles. The summed E-state index contributed by atoms with van der Waals surface area (Å²) in [5, 5.41) is 8.24. The number of halogens is 1. The first-order chi connectivity index (χ1) is 14.4. The van der Waals surface area contributed by atoms with Gasteiger partial charge in [0.15, 0.2) is 17.0 Å². The summed E-state index contributed by atoms with van der Waals surface area (Å²) in [6.07, 6.45) is 4.55. The van der Waals surface area contributed by atoms with Gasteiger partial charge in [0, 0.05) is 32.0 Å². The summed E-state index contributed by atoms with van der Waals surface area (Å²) < 4.78 is 40.2. The van der Waals surface area contributed by atoms with Crippen LogP contribution < -0.4 is 10.5 Å². The molecule has 0 atom stereocenters. The smallest absolute Gasteiger partial charge is 0.312 e. The SMILES string of the molecule is NS(=O)(=O)c1ccn(CCCn2cnc3c(NCc4ccccc4)nc(F)nc32)c1. The Hall–Kier alpha value is -3.31. The van der Waals surface area contributed by atoms with E-state index in [1.54, 1.807) is 21.7 Å². The van der Waals surface area contributed by atoms with Gasteiger partial charge in [-0.1, -0.05) is 30.3 Å². The van der Waals surface area contributed by atoms with E-state index in [2.05, 4.69) is 20.3 Å². The number of anilines is 1. The number of sulfonamides is 1. The van der Waals surface area contributed by atoms with Crippen molar-refractivity contribution < 1.29 is 12.8 Å². The molecule has 3 N–H and O–H groups in total. The number of benzene rings is 1. The molecule has 0 saturated heterocycles. The van der Waals surface area contributed by atoms with E-state index in [1.165, 1.54) is 12.3 Å². The van der Waals surface area contributed by atoms with E-state index in [4.69, 9.17) is 5.14 Å². The molecule has 0 radical (unpaired) electrons. The normalized spacial score (nSPS) is 11.8. The third-order valence-electron chi connectivity index (χ3n) is 4.61. The van der Waals surface area contributed by atoms with Gasteiger partial charge in [-0.25, -0.2) is 18.5 Å². The lowest BCUT2D eigenvalue weighted by Gasteiger charge is -2.08. The van der Waals surface area contributed by atoms with Crippen LogP contribution in [0.2, 0.25) is 0 Å². The highest BCUT2D eigenvalue weighted by atomic mass is 32.2. The standard InChI is InChI=1S/C19H20FN7O2S/c20-19-24-17(22-11-14-5-2-1-3-6-14)16-18(25-19)27(13-23-16)9-4-8-26-10-7-15(12-26)30(21,28)29/h1-3,5-7,10,12-13H,4,8-9,11H2,(H2,21,28,29)(H,22,24,25). The number of hydrogen-bond acceptors (Lipinski definition) is 6. The summed E-state index contributed by atoms with van der Waals surface area (Å²) in [5.74, 6) is 0.336. The first-order valence-electron chi connectivity index (χ1n) is 9.25. The predicted octanol–water partition coefficient (Wildman–Crippen LogP) is 2.12. The van der Waals surface area contributed by atoms with Crippen LogP contribution in [-0.2, 0) is 29.7 Å². The van der Waals surface area contributed by atoms with E-state index >= 15 is 0 Å². The molecular formula is C19H20FN7O2S. The molecule has 30 heavy (non-hydrogen) atoms. The molecule has 0 bridgehead atoms. The fraction of sp³-hybridized carbons (Fsp3) is 0.211. The van der Waals surface area contributed by atoms with Gasteiger partial charge in [0.1, 0.15) is 0 Å². The third kappa shape index (κ3) is 4.47. The Morgan fingerprint density at radius 1 is 1.10 bits per heavy atom. The molecule has 0 saturated carbocycles. The van der Waals surface area contributed by atoms with Crippen LogP contribution in [0.3, 0.4) is 0 Å². The van der Waals surface area contributed by atoms with Gasteiger partial charge in [-0.2, -0.15) is 14.4 Å². The fourth-order valence-corrected chi connectivity index (χ4v) is 3.67. The maximum atomic E-state index is 14.0. The maximum Gasteiger partial charge on any atom is 0.312 e. The summed E-state index contributed by atoms with van der Waals surface area (Å²) in [6, 6.07) is 11.2. The van der Waals surface area contributed by atoms with E-state index in [1.807, 2.05) is 30.3 Å². The molecule has 9 nitrogen and oxygen atoms in total. The van der Waals surface area contributed by atoms with Gasteiger partial charge >= 0.3 is 6.08 Å². The molecule has 0 spiro atoms. The second-order valence-electron chi connectivity index (χ2n) is 6.77. The van der Waals surface area contributed by atoms with Crippen LogP contribution in [0.5, 0.6) is 0 Å². The topological polar surface area (TPSA) is 121 Å². The summed E-state index contributed by atoms with van der Waals surface area (Å²) in [5.41, 5.74) is 1.93. The number of rotatable bonds is 8. The first-order valence-corrected chi connectivity index (χ1v) is 10.8. The van der Waals surface area contributed by atoms with Crippen molar-refractivity contribution in [3.63, 3.8) is 0 Å². The Morgan fingerprint density at radius 3 is 2.63 bits per heavy atom. The zero-order chi connectivity index (χ0) is 21.1. The minimum absolute atomic E-state index is 0.0690. The Balaban J connectivity index is 1.46. The van der Waals surface area contributed by atoms with E-state index in [-0.39, 0.29) is 4.90 Å². The van der Waals surface area contributed by atoms with Crippen molar-refractivity contribution in [3.05, 3.63) is 66.8 Å². The number of primary sulfonamides is 1. The molecule has 3 heterocycles. The molecule has 0 unspecified atom stereocenters. The predicted molar refractivity (Wildman–Crippen MR) is 109 cm³/mol. The number of fused-ring (bicyclic) bond motifs is 1. The molecule has 0 aliphatic heterocycles. The molecule has 4 rings (SSSR count). The van der Waals surface area contributed by atoms with Gasteiger partial charge in [-0.05, 0) is 18.1 Å². The van der Waals surface area contributed by atoms with Gasteiger partial charge in [0.05, 0.1) is 11.2 Å². The average Bonchev–Trinajstić information content (AvgIpc) is 3.34. The molecule has 0 aliphatic rings. The Labute approximate surface area is 172 Å². The van der Waals surface area contributed by atoms with Crippen molar-refractivity contribution in [1.29, 1.82) is 0 Å². The highest BCUT2D eigenvalue weighted by molar-refractivity contribution is 7.89. The quantitative estimate of drug-likeness (QED) is 0.414. The van der Waals surface area contributed by atoms with Crippen LogP contribution in [0.25, 0.3) is 11.2 Å². The summed E-state index contributed by atoms with van der Waals surface area (Å²) in [7, 11) is -3.72. The van der Waals surface area contributed by atoms with E-state index < -0.39 is 16.1 Å². The Morgan fingerprint density at radius 2 is 1.90 bits per heavy atom. The van der Waals surface area contributed by atoms with Crippen LogP contribution >= 0.6 is 0 Å². The molecule has 0 amide bonds. The number of imidazole rings is 1. The highest BCUT2D eigenvalue weighted by Gasteiger charge is 2.14. The largest absolute Gasteiger partial charge is 0.364 e. The molecule has 1 aromatic carbocycles. The van der Waals surface area contributed by atoms with Crippen LogP contribution in [0.15, 0.2) is 60.0 Å². The van der Waals surface area contributed by atoms with Gasteiger partial charge in [0.25, 0.3) is 0 Å². The molecular weight excluding hydrogens is 409 g/mol. The Kier molecular flexibility index (Phi) is 5.46. The second kappa shape index (κ2) is 8.20. The third-order valence-corrected chi connectivity index (χ3v) is 5.51. The lowest BCUT2D eigenvalue weighted by atomic mass is 10.2. The molecule has 11 heteroatoms. The first kappa shape index (κ1) is 20.0. The van der Waals surface area contributed by atoms with Crippen molar-refractivity contribution >= 4 is 27.0 Å². The summed E-state index contributed by atoms with van der Waals surface area (Å²) >= 11 is 0. The van der Waals surface area contributed by atoms with E-state index in [0.717, 1.165) is 5.56 Å². The molecule has 0 fully saturated rings. The monoisotopic (exact) mass is 429 g/mol. The highest BCUT2D eigenvalue weighted by Crippen LogP contribution is 2.20. The fourth-order valence-electron chi connectivity index (χ4n) is 3.14. The molecule has 4 aromatic rings. The second-order valence-corrected chi connectivity index (χ2v) is 8.34. The zero-order valence-corrected chi connectivity index (χ0v) is 16.8.